The van der Waals surface area contributed by atoms with Crippen molar-refractivity contribution in [2.75, 3.05) is 10.6 Å². The third-order valence-electron chi connectivity index (χ3n) is 4.14. The normalized spacial score (nSPS) is 16.7. The summed E-state index contributed by atoms with van der Waals surface area (Å²) in [5.74, 6) is -0.330. The summed E-state index contributed by atoms with van der Waals surface area (Å²) in [5, 5.41) is 5.76. The van der Waals surface area contributed by atoms with Crippen LogP contribution in [0.2, 0.25) is 0 Å². The average molecular weight is 308 g/mol. The summed E-state index contributed by atoms with van der Waals surface area (Å²) >= 11 is 0. The van der Waals surface area contributed by atoms with Crippen LogP contribution >= 0.6 is 0 Å². The first-order chi connectivity index (χ1) is 11.0. The Morgan fingerprint density at radius 2 is 1.96 bits per heavy atom. The van der Waals surface area contributed by atoms with Gasteiger partial charge in [-0.15, -0.1) is 0 Å². The predicted octanol–water partition coefficient (Wildman–Crippen LogP) is 3.87. The zero-order valence-corrected chi connectivity index (χ0v) is 13.3. The molecule has 2 amide bonds. The molecule has 0 saturated carbocycles. The lowest BCUT2D eigenvalue weighted by Crippen LogP contribution is -2.30. The summed E-state index contributed by atoms with van der Waals surface area (Å²) in [6, 6.07) is 15.3. The van der Waals surface area contributed by atoms with Gasteiger partial charge >= 0.3 is 0 Å². The van der Waals surface area contributed by atoms with Crippen LogP contribution in [0.5, 0.6) is 0 Å². The van der Waals surface area contributed by atoms with E-state index in [-0.39, 0.29) is 18.2 Å². The Hall–Kier alpha value is -2.62. The van der Waals surface area contributed by atoms with E-state index in [0.29, 0.717) is 5.92 Å². The first kappa shape index (κ1) is 15.3. The minimum absolute atomic E-state index is 0.125. The molecule has 0 spiro atoms. The predicted molar refractivity (Wildman–Crippen MR) is 91.6 cm³/mol. The number of amides is 2. The molecule has 118 valence electrons. The fraction of sp³-hybridized carbons (Fsp3) is 0.263. The average Bonchev–Trinajstić information content (AvgIpc) is 2.54. The Labute approximate surface area is 135 Å². The first-order valence-corrected chi connectivity index (χ1v) is 7.84. The second kappa shape index (κ2) is 6.24. The van der Waals surface area contributed by atoms with Crippen LogP contribution in [0, 0.1) is 0 Å². The van der Waals surface area contributed by atoms with Gasteiger partial charge in [0.05, 0.1) is 5.92 Å². The maximum Gasteiger partial charge on any atom is 0.232 e. The molecule has 0 aliphatic carbocycles. The highest BCUT2D eigenvalue weighted by Gasteiger charge is 2.30. The standard InChI is InChI=1S/C19H20N2O2/c1-12(2)13-6-5-7-14(10-13)20-19(23)16-11-18(22)21-17-9-4-3-8-15(16)17/h3-10,12,16H,11H2,1-2H3,(H,20,23)(H,21,22)/t16-/m0/s1. The molecule has 2 N–H and O–H groups in total. The van der Waals surface area contributed by atoms with Crippen LogP contribution in [-0.4, -0.2) is 11.8 Å². The molecule has 0 aromatic heterocycles. The van der Waals surface area contributed by atoms with E-state index in [1.807, 2.05) is 48.5 Å². The van der Waals surface area contributed by atoms with Crippen molar-refractivity contribution in [3.8, 4) is 0 Å². The van der Waals surface area contributed by atoms with E-state index in [9.17, 15) is 9.59 Å². The summed E-state index contributed by atoms with van der Waals surface area (Å²) < 4.78 is 0. The molecule has 1 heterocycles. The largest absolute Gasteiger partial charge is 0.326 e. The summed E-state index contributed by atoms with van der Waals surface area (Å²) in [7, 11) is 0. The fourth-order valence-corrected chi connectivity index (χ4v) is 2.85. The Morgan fingerprint density at radius 3 is 2.74 bits per heavy atom. The summed E-state index contributed by atoms with van der Waals surface area (Å²) in [6.07, 6.45) is 0.173. The third kappa shape index (κ3) is 3.26. The van der Waals surface area contributed by atoms with Gasteiger partial charge in [-0.05, 0) is 35.2 Å². The van der Waals surface area contributed by atoms with Crippen molar-refractivity contribution >= 4 is 23.2 Å². The van der Waals surface area contributed by atoms with Crippen molar-refractivity contribution in [3.63, 3.8) is 0 Å². The summed E-state index contributed by atoms with van der Waals surface area (Å²) in [4.78, 5) is 24.5. The smallest absolute Gasteiger partial charge is 0.232 e. The quantitative estimate of drug-likeness (QED) is 0.904. The topological polar surface area (TPSA) is 58.2 Å². The Bertz CT molecular complexity index is 753. The van der Waals surface area contributed by atoms with Gasteiger partial charge in [0.25, 0.3) is 0 Å². The number of hydrogen-bond donors (Lipinski definition) is 2. The van der Waals surface area contributed by atoms with Crippen molar-refractivity contribution in [1.82, 2.24) is 0 Å². The van der Waals surface area contributed by atoms with Crippen molar-refractivity contribution in [1.29, 1.82) is 0 Å². The maximum absolute atomic E-state index is 12.7. The Kier molecular flexibility index (Phi) is 4.15. The highest BCUT2D eigenvalue weighted by molar-refractivity contribution is 6.05. The van der Waals surface area contributed by atoms with Gasteiger partial charge in [0.2, 0.25) is 11.8 Å². The molecule has 23 heavy (non-hydrogen) atoms. The molecule has 0 fully saturated rings. The van der Waals surface area contributed by atoms with E-state index in [4.69, 9.17) is 0 Å². The van der Waals surface area contributed by atoms with Gasteiger partial charge in [-0.1, -0.05) is 44.2 Å². The van der Waals surface area contributed by atoms with E-state index in [1.54, 1.807) is 0 Å². The van der Waals surface area contributed by atoms with Crippen LogP contribution in [0.3, 0.4) is 0 Å². The van der Waals surface area contributed by atoms with Crippen LogP contribution in [-0.2, 0) is 9.59 Å². The molecule has 0 bridgehead atoms. The molecule has 0 radical (unpaired) electrons. The van der Waals surface area contributed by atoms with Crippen molar-refractivity contribution in [3.05, 3.63) is 59.7 Å². The number of benzene rings is 2. The lowest BCUT2D eigenvalue weighted by Gasteiger charge is -2.24. The molecular weight excluding hydrogens is 288 g/mol. The molecular formula is C19H20N2O2. The van der Waals surface area contributed by atoms with Gasteiger partial charge in [0.1, 0.15) is 0 Å². The molecule has 3 rings (SSSR count). The maximum atomic E-state index is 12.7. The first-order valence-electron chi connectivity index (χ1n) is 7.84. The second-order valence-electron chi connectivity index (χ2n) is 6.16. The Morgan fingerprint density at radius 1 is 1.17 bits per heavy atom. The number of carbonyl (C=O) groups is 2. The molecule has 1 aliphatic rings. The zero-order valence-electron chi connectivity index (χ0n) is 13.3. The SMILES string of the molecule is CC(C)c1cccc(NC(=O)[C@H]2CC(=O)Nc3ccccc32)c1. The van der Waals surface area contributed by atoms with E-state index < -0.39 is 5.92 Å². The summed E-state index contributed by atoms with van der Waals surface area (Å²) in [5.41, 5.74) is 3.53. The van der Waals surface area contributed by atoms with E-state index in [2.05, 4.69) is 24.5 Å². The molecule has 2 aromatic rings. The minimum atomic E-state index is -0.456. The van der Waals surface area contributed by atoms with Gasteiger partial charge in [-0.25, -0.2) is 0 Å². The number of anilines is 2. The number of carbonyl (C=O) groups excluding carboxylic acids is 2. The highest BCUT2D eigenvalue weighted by Crippen LogP contribution is 2.33. The third-order valence-corrected chi connectivity index (χ3v) is 4.14. The molecule has 1 atom stereocenters. The number of fused-ring (bicyclic) bond motifs is 1. The molecule has 2 aromatic carbocycles. The Balaban J connectivity index is 1.84. The lowest BCUT2D eigenvalue weighted by molar-refractivity contribution is -0.123. The molecule has 1 aliphatic heterocycles. The van der Waals surface area contributed by atoms with E-state index in [0.717, 1.165) is 16.9 Å². The van der Waals surface area contributed by atoms with Crippen LogP contribution in [0.4, 0.5) is 11.4 Å². The number of para-hydroxylation sites is 1. The number of nitrogens with one attached hydrogen (secondary N) is 2. The van der Waals surface area contributed by atoms with Gasteiger partial charge in [0.15, 0.2) is 0 Å². The van der Waals surface area contributed by atoms with Crippen molar-refractivity contribution < 1.29 is 9.59 Å². The van der Waals surface area contributed by atoms with Crippen LogP contribution in [0.15, 0.2) is 48.5 Å². The van der Waals surface area contributed by atoms with Crippen LogP contribution < -0.4 is 10.6 Å². The fourth-order valence-electron chi connectivity index (χ4n) is 2.85. The lowest BCUT2D eigenvalue weighted by atomic mass is 9.89. The molecule has 4 heteroatoms. The van der Waals surface area contributed by atoms with Gasteiger partial charge in [0, 0.05) is 17.8 Å². The van der Waals surface area contributed by atoms with Crippen molar-refractivity contribution in [2.45, 2.75) is 32.1 Å². The van der Waals surface area contributed by atoms with Crippen LogP contribution in [0.25, 0.3) is 0 Å². The van der Waals surface area contributed by atoms with Crippen LogP contribution in [0.1, 0.15) is 43.2 Å². The van der Waals surface area contributed by atoms with E-state index >= 15 is 0 Å². The summed E-state index contributed by atoms with van der Waals surface area (Å²) in [6.45, 7) is 4.23. The van der Waals surface area contributed by atoms with Gasteiger partial charge in [-0.2, -0.15) is 0 Å². The second-order valence-corrected chi connectivity index (χ2v) is 6.16. The highest BCUT2D eigenvalue weighted by atomic mass is 16.2. The van der Waals surface area contributed by atoms with Gasteiger partial charge < -0.3 is 10.6 Å². The van der Waals surface area contributed by atoms with Crippen molar-refractivity contribution in [2.24, 2.45) is 0 Å². The minimum Gasteiger partial charge on any atom is -0.326 e. The monoisotopic (exact) mass is 308 g/mol. The zero-order chi connectivity index (χ0) is 16.4. The van der Waals surface area contributed by atoms with Gasteiger partial charge in [-0.3, -0.25) is 9.59 Å². The number of hydrogen-bond acceptors (Lipinski definition) is 2. The molecule has 4 nitrogen and oxygen atoms in total. The molecule has 0 saturated heterocycles. The molecule has 0 unspecified atom stereocenters. The van der Waals surface area contributed by atoms with E-state index in [1.165, 1.54) is 5.56 Å². The number of rotatable bonds is 3.